The predicted octanol–water partition coefficient (Wildman–Crippen LogP) is 3.40. The van der Waals surface area contributed by atoms with Crippen LogP contribution < -0.4 is 5.32 Å². The van der Waals surface area contributed by atoms with Crippen molar-refractivity contribution in [3.05, 3.63) is 49.2 Å². The van der Waals surface area contributed by atoms with Crippen molar-refractivity contribution in [1.82, 2.24) is 10.3 Å². The number of ether oxygens (including phenoxy) is 1. The van der Waals surface area contributed by atoms with E-state index in [9.17, 15) is 4.79 Å². The molecule has 1 aliphatic rings. The molecule has 0 fully saturated rings. The largest absolute Gasteiger partial charge is 0.466 e. The van der Waals surface area contributed by atoms with Crippen molar-refractivity contribution in [2.75, 3.05) is 7.11 Å². The number of hydrogen-bond acceptors (Lipinski definition) is 7. The van der Waals surface area contributed by atoms with E-state index in [4.69, 9.17) is 16.3 Å². The molecule has 0 amide bonds. The maximum Gasteiger partial charge on any atom is 0.338 e. The van der Waals surface area contributed by atoms with Gasteiger partial charge in [-0.1, -0.05) is 11.6 Å². The number of rotatable bonds is 3. The molecule has 2 aromatic heterocycles. The maximum absolute atomic E-state index is 12.1. The van der Waals surface area contributed by atoms with Crippen molar-refractivity contribution < 1.29 is 9.53 Å². The molecule has 1 unspecified atom stereocenters. The monoisotopic (exact) mass is 353 g/mol. The topological polar surface area (TPSA) is 63.6 Å². The number of carbonyl (C=O) groups is 1. The van der Waals surface area contributed by atoms with Crippen molar-refractivity contribution in [1.29, 1.82) is 0 Å². The number of aromatic nitrogens is 1. The first-order valence-electron chi connectivity index (χ1n) is 6.38. The Morgan fingerprint density at radius 3 is 2.82 bits per heavy atom. The molecule has 1 N–H and O–H groups in total. The van der Waals surface area contributed by atoms with Crippen LogP contribution in [0.15, 0.2) is 39.3 Å². The zero-order valence-electron chi connectivity index (χ0n) is 11.8. The maximum atomic E-state index is 12.1. The van der Waals surface area contributed by atoms with Gasteiger partial charge in [0.15, 0.2) is 10.8 Å². The second kappa shape index (κ2) is 6.20. The smallest absolute Gasteiger partial charge is 0.338 e. The Morgan fingerprint density at radius 1 is 1.41 bits per heavy atom. The molecule has 1 aliphatic heterocycles. The van der Waals surface area contributed by atoms with E-state index in [1.165, 1.54) is 29.8 Å². The number of hydrogen-bond donors (Lipinski definition) is 1. The normalized spacial score (nSPS) is 18.0. The lowest BCUT2D eigenvalue weighted by molar-refractivity contribution is -0.136. The van der Waals surface area contributed by atoms with E-state index < -0.39 is 12.0 Å². The predicted molar refractivity (Wildman–Crippen MR) is 88.6 cm³/mol. The van der Waals surface area contributed by atoms with Crippen LogP contribution in [0.4, 0.5) is 0 Å². The zero-order chi connectivity index (χ0) is 15.7. The van der Waals surface area contributed by atoms with Crippen LogP contribution in [0, 0.1) is 0 Å². The highest BCUT2D eigenvalue weighted by Gasteiger charge is 2.32. The molecular weight excluding hydrogens is 342 g/mol. The van der Waals surface area contributed by atoms with Gasteiger partial charge in [-0.25, -0.2) is 9.78 Å². The first-order chi connectivity index (χ1) is 10.6. The Kier molecular flexibility index (Phi) is 4.28. The average Bonchev–Trinajstić information content (AvgIpc) is 3.17. The number of esters is 1. The van der Waals surface area contributed by atoms with E-state index in [2.05, 4.69) is 15.3 Å². The van der Waals surface area contributed by atoms with Gasteiger partial charge in [0, 0.05) is 22.8 Å². The molecule has 2 aromatic rings. The summed E-state index contributed by atoms with van der Waals surface area (Å²) in [6.07, 6.45) is 1.71. The number of thiophene rings is 1. The number of carbonyl (C=O) groups excluding carboxylic acids is 1. The second-order valence-corrected chi connectivity index (χ2v) is 6.94. The van der Waals surface area contributed by atoms with Crippen LogP contribution in [0.3, 0.4) is 0 Å². The minimum Gasteiger partial charge on any atom is -0.466 e. The summed E-state index contributed by atoms with van der Waals surface area (Å²) in [6.45, 7) is 1.82. The van der Waals surface area contributed by atoms with Crippen LogP contribution in [-0.4, -0.2) is 23.9 Å². The van der Waals surface area contributed by atoms with Crippen molar-refractivity contribution in [3.63, 3.8) is 0 Å². The fraction of sp³-hybridized carbons (Fsp3) is 0.214. The standard InChI is InChI=1S/C14H12ClN3O2S2/c1-7-9(14(19)20-2)10(8-3-5-21-11(8)15)18-12(17-7)13-16-4-6-22-13/h3-6,10H,1-2H3,(H,17,18). The van der Waals surface area contributed by atoms with E-state index in [0.717, 1.165) is 10.6 Å². The van der Waals surface area contributed by atoms with Crippen molar-refractivity contribution >= 4 is 46.1 Å². The van der Waals surface area contributed by atoms with Gasteiger partial charge in [-0.15, -0.1) is 22.7 Å². The summed E-state index contributed by atoms with van der Waals surface area (Å²) in [5.74, 6) is 0.214. The van der Waals surface area contributed by atoms with Crippen LogP contribution in [0.5, 0.6) is 0 Å². The van der Waals surface area contributed by atoms with Gasteiger partial charge in [0.2, 0.25) is 0 Å². The summed E-state index contributed by atoms with van der Waals surface area (Å²) in [5.41, 5.74) is 1.95. The molecule has 114 valence electrons. The van der Waals surface area contributed by atoms with Gasteiger partial charge in [0.05, 0.1) is 17.0 Å². The summed E-state index contributed by atoms with van der Waals surface area (Å²) in [7, 11) is 1.36. The molecule has 1 atom stereocenters. The van der Waals surface area contributed by atoms with Gasteiger partial charge in [0.1, 0.15) is 6.04 Å². The van der Waals surface area contributed by atoms with Crippen LogP contribution in [-0.2, 0) is 9.53 Å². The molecule has 0 aromatic carbocycles. The number of aliphatic imine (C=N–C) groups is 1. The Balaban J connectivity index is 2.11. The van der Waals surface area contributed by atoms with Crippen LogP contribution in [0.2, 0.25) is 4.34 Å². The lowest BCUT2D eigenvalue weighted by Gasteiger charge is -2.24. The zero-order valence-corrected chi connectivity index (χ0v) is 14.2. The highest BCUT2D eigenvalue weighted by Crippen LogP contribution is 2.38. The number of methoxy groups -OCH3 is 1. The summed E-state index contributed by atoms with van der Waals surface area (Å²) in [4.78, 5) is 21.0. The van der Waals surface area contributed by atoms with E-state index in [0.29, 0.717) is 21.4 Å². The van der Waals surface area contributed by atoms with E-state index in [1.807, 2.05) is 23.8 Å². The molecular formula is C14H12ClN3O2S2. The first kappa shape index (κ1) is 15.2. The number of amidine groups is 1. The highest BCUT2D eigenvalue weighted by atomic mass is 35.5. The van der Waals surface area contributed by atoms with Gasteiger partial charge in [-0.3, -0.25) is 4.99 Å². The van der Waals surface area contributed by atoms with Crippen LogP contribution in [0.25, 0.3) is 0 Å². The van der Waals surface area contributed by atoms with Gasteiger partial charge in [-0.05, 0) is 18.4 Å². The molecule has 8 heteroatoms. The minimum atomic E-state index is -0.494. The summed E-state index contributed by atoms with van der Waals surface area (Å²) < 4.78 is 5.51. The molecule has 0 aliphatic carbocycles. The Morgan fingerprint density at radius 2 is 2.23 bits per heavy atom. The van der Waals surface area contributed by atoms with Crippen LogP contribution >= 0.6 is 34.3 Å². The molecule has 22 heavy (non-hydrogen) atoms. The van der Waals surface area contributed by atoms with Gasteiger partial charge in [-0.2, -0.15) is 0 Å². The number of thiazole rings is 1. The van der Waals surface area contributed by atoms with E-state index in [1.54, 1.807) is 6.20 Å². The minimum absolute atomic E-state index is 0.417. The van der Waals surface area contributed by atoms with Gasteiger partial charge >= 0.3 is 5.97 Å². The number of halogens is 1. The highest BCUT2D eigenvalue weighted by molar-refractivity contribution is 7.14. The molecule has 0 radical (unpaired) electrons. The lowest BCUT2D eigenvalue weighted by Crippen LogP contribution is -2.32. The summed E-state index contributed by atoms with van der Waals surface area (Å²) >= 11 is 9.13. The lowest BCUT2D eigenvalue weighted by atomic mass is 9.98. The SMILES string of the molecule is COC(=O)C1=C(C)NC(c2nccs2)=NC1c1ccsc1Cl. The number of nitrogens with one attached hydrogen (secondary N) is 1. The average molecular weight is 354 g/mol. The van der Waals surface area contributed by atoms with E-state index >= 15 is 0 Å². The Labute approximate surface area is 140 Å². The van der Waals surface area contributed by atoms with Crippen molar-refractivity contribution in [2.24, 2.45) is 4.99 Å². The summed E-state index contributed by atoms with van der Waals surface area (Å²) in [6, 6.07) is 1.38. The third-order valence-corrected chi connectivity index (χ3v) is 5.20. The molecule has 0 spiro atoms. The van der Waals surface area contributed by atoms with Crippen molar-refractivity contribution in [3.8, 4) is 0 Å². The molecule has 3 heterocycles. The van der Waals surface area contributed by atoms with Crippen LogP contribution in [0.1, 0.15) is 23.5 Å². The molecule has 5 nitrogen and oxygen atoms in total. The third kappa shape index (κ3) is 2.67. The molecule has 0 bridgehead atoms. The number of nitrogens with zero attached hydrogens (tertiary/aromatic N) is 2. The summed E-state index contributed by atoms with van der Waals surface area (Å²) in [5, 5.41) is 7.65. The van der Waals surface area contributed by atoms with E-state index in [-0.39, 0.29) is 0 Å². The Hall–Kier alpha value is -1.70. The van der Waals surface area contributed by atoms with Crippen molar-refractivity contribution in [2.45, 2.75) is 13.0 Å². The molecule has 0 saturated carbocycles. The van der Waals surface area contributed by atoms with Gasteiger partial charge in [0.25, 0.3) is 0 Å². The molecule has 3 rings (SSSR count). The quantitative estimate of drug-likeness (QED) is 0.859. The first-order valence-corrected chi connectivity index (χ1v) is 8.52. The Bertz CT molecular complexity index is 765. The number of allylic oxidation sites excluding steroid dienone is 1. The molecule has 0 saturated heterocycles. The third-order valence-electron chi connectivity index (χ3n) is 3.22. The van der Waals surface area contributed by atoms with Gasteiger partial charge < -0.3 is 10.1 Å². The second-order valence-electron chi connectivity index (χ2n) is 4.52. The fourth-order valence-electron chi connectivity index (χ4n) is 2.22. The fourth-order valence-corrected chi connectivity index (χ4v) is 3.78.